The van der Waals surface area contributed by atoms with Gasteiger partial charge in [0.15, 0.2) is 0 Å². The third kappa shape index (κ3) is 6.75. The molecule has 0 unspecified atom stereocenters. The molecule has 0 saturated carbocycles. The Hall–Kier alpha value is -6.04. The maximum atomic E-state index is 10.9. The lowest BCUT2D eigenvalue weighted by molar-refractivity contribution is 0.332. The van der Waals surface area contributed by atoms with Gasteiger partial charge in [0, 0.05) is 44.5 Å². The van der Waals surface area contributed by atoms with Crippen molar-refractivity contribution < 1.29 is 32.9 Å². The minimum atomic E-state index is -1.48. The summed E-state index contributed by atoms with van der Waals surface area (Å²) >= 11 is 0.789. The van der Waals surface area contributed by atoms with Crippen LogP contribution in [-0.2, 0) is 21.7 Å². The Labute approximate surface area is 425 Å². The third-order valence-electron chi connectivity index (χ3n) is 12.8. The van der Waals surface area contributed by atoms with Gasteiger partial charge in [-0.3, -0.25) is 0 Å². The normalized spacial score (nSPS) is 21.0. The topological polar surface area (TPSA) is 9.72 Å². The van der Waals surface area contributed by atoms with E-state index in [2.05, 4.69) is 0 Å². The summed E-state index contributed by atoms with van der Waals surface area (Å²) in [4.78, 5) is 3.41. The molecular weight excluding hydrogens is 806 g/mol. The van der Waals surface area contributed by atoms with Crippen LogP contribution >= 0.6 is 11.3 Å². The van der Waals surface area contributed by atoms with Gasteiger partial charge >= 0.3 is 0 Å². The van der Waals surface area contributed by atoms with Crippen LogP contribution in [0.25, 0.3) is 10.1 Å². The number of benzene rings is 7. The smallest absolute Gasteiger partial charge is 0.254 e. The molecule has 0 N–H and O–H groups in total. The first-order valence-electron chi connectivity index (χ1n) is 33.6. The number of thiophene rings is 1. The fraction of sp³-hybridized carbons (Fsp3) is 0.267. The summed E-state index contributed by atoms with van der Waals surface area (Å²) in [5.41, 5.74) is -6.40. The molecule has 8 aromatic rings. The Morgan fingerprint density at radius 1 is 0.538 bits per heavy atom. The number of hydrogen-bond acceptors (Lipinski definition) is 4. The number of para-hydroxylation sites is 2. The van der Waals surface area contributed by atoms with Crippen LogP contribution in [0.5, 0.6) is 0 Å². The van der Waals surface area contributed by atoms with Crippen molar-refractivity contribution in [3.8, 4) is 0 Å². The predicted octanol–water partition coefficient (Wildman–Crippen LogP) is 15.4. The number of fused-ring (bicyclic) bond motifs is 7. The van der Waals surface area contributed by atoms with Gasteiger partial charge in [-0.2, -0.15) is 0 Å². The van der Waals surface area contributed by atoms with Crippen molar-refractivity contribution in [3.05, 3.63) is 179 Å². The molecule has 0 atom stereocenters. The van der Waals surface area contributed by atoms with Crippen molar-refractivity contribution in [1.82, 2.24) is 0 Å². The molecule has 0 fully saturated rings. The number of hydrogen-bond donors (Lipinski definition) is 0. The highest BCUT2D eigenvalue weighted by atomic mass is 32.1. The lowest BCUT2D eigenvalue weighted by Gasteiger charge is -2.47. The zero-order chi connectivity index (χ0) is 66.1. The van der Waals surface area contributed by atoms with Gasteiger partial charge in [-0.05, 0) is 151 Å². The minimum absolute atomic E-state index is 0.00141. The largest absolute Gasteiger partial charge is 0.311 e. The second-order valence-corrected chi connectivity index (χ2v) is 21.3. The Morgan fingerprint density at radius 2 is 1.02 bits per heavy atom. The number of rotatable bonds is 5. The van der Waals surface area contributed by atoms with Gasteiger partial charge < -0.3 is 14.7 Å². The highest BCUT2D eigenvalue weighted by Crippen LogP contribution is 2.53. The van der Waals surface area contributed by atoms with Crippen molar-refractivity contribution in [2.75, 3.05) is 14.7 Å². The van der Waals surface area contributed by atoms with E-state index in [0.717, 1.165) is 16.2 Å². The van der Waals surface area contributed by atoms with Crippen LogP contribution in [0, 0.1) is 0 Å². The van der Waals surface area contributed by atoms with E-state index in [-0.39, 0.29) is 71.7 Å². The molecule has 3 aliphatic rings. The van der Waals surface area contributed by atoms with E-state index in [9.17, 15) is 23.3 Å². The SMILES string of the molecule is [2H]c1c([2H])c([2H])c(N(c2cc3c4c(c2)N(c2c([2H])c([2H])c(C(C)(C)C)c([2H])c2[2H])c2c([2H])c5c(c([2H])c2B4c2c(sc4c([2H])c([2H])c([2H])c([2H])c24)N3c2c([2H])c([2H])c(C(C)(C)C)c([2H])c2[2H])C(C)(C)CCC5(C)C)c2c([2H])c([2H])c([2H])c([2H])c2[2H])c([2H])c1[2H]. The fourth-order valence-electron chi connectivity index (χ4n) is 9.23. The zero-order valence-corrected chi connectivity index (χ0v) is 38.7. The molecule has 3 heterocycles. The summed E-state index contributed by atoms with van der Waals surface area (Å²) in [5, 5.41) is -0.134. The van der Waals surface area contributed by atoms with Gasteiger partial charge in [0.25, 0.3) is 6.71 Å². The first-order chi connectivity index (χ1) is 41.0. The van der Waals surface area contributed by atoms with Crippen molar-refractivity contribution in [1.29, 1.82) is 0 Å². The molecule has 2 aliphatic heterocycles. The molecule has 3 nitrogen and oxygen atoms in total. The molecule has 0 saturated heterocycles. The van der Waals surface area contributed by atoms with Crippen LogP contribution in [0.4, 0.5) is 50.5 Å². The lowest BCUT2D eigenvalue weighted by Crippen LogP contribution is -2.61. The summed E-state index contributed by atoms with van der Waals surface area (Å²) in [6.45, 7) is 16.4. The highest BCUT2D eigenvalue weighted by molar-refractivity contribution is 7.26. The van der Waals surface area contributed by atoms with E-state index in [1.54, 1.807) is 41.5 Å². The van der Waals surface area contributed by atoms with Crippen LogP contribution in [0.2, 0.25) is 0 Å². The summed E-state index contributed by atoms with van der Waals surface area (Å²) < 4.78 is 230. The Balaban J connectivity index is 1.50. The third-order valence-corrected chi connectivity index (χ3v) is 13.9. The molecule has 0 radical (unpaired) electrons. The molecule has 65 heavy (non-hydrogen) atoms. The molecular formula is C60H60BN3S. The Bertz CT molecular complexity index is 4380. The number of anilines is 9. The second kappa shape index (κ2) is 14.7. The standard InChI is InChI=1S/C60H60BN3S/c1-57(2,3)39-25-29-43(30-26-39)63-50-38-48-47(59(7,8)33-34-60(48,9)10)37-49(50)61-54-46-23-17-18-24-53(46)65-56(54)64(44-31-27-40(28-32-44)58(4,5)6)52-36-45(35-51(63)55(52)61)62(41-19-13-11-14-20-41)42-21-15-12-16-22-42/h11-32,35-38H,33-34H2,1-10H3/i11D,12D,13D,14D,15D,16D,17D,18D,19D,20D,21D,22D,23D,24D,25D,26D,27D,28D,29D,30D,31D,32D,37D,38D. The van der Waals surface area contributed by atoms with Crippen LogP contribution in [0.15, 0.2) is 157 Å². The average molecular weight is 890 g/mol. The molecule has 5 heteroatoms. The Kier molecular flexibility index (Phi) is 5.20. The van der Waals surface area contributed by atoms with E-state index < -0.39 is 190 Å². The summed E-state index contributed by atoms with van der Waals surface area (Å²) in [6.07, 6.45) is 1.02. The minimum Gasteiger partial charge on any atom is -0.311 e. The quantitative estimate of drug-likeness (QED) is 0.159. The van der Waals surface area contributed by atoms with Crippen LogP contribution in [0.1, 0.15) is 137 Å². The summed E-state index contributed by atoms with van der Waals surface area (Å²) in [6, 6.07) is -13.8. The molecule has 7 aromatic carbocycles. The highest BCUT2D eigenvalue weighted by Gasteiger charge is 2.48. The van der Waals surface area contributed by atoms with Crippen molar-refractivity contribution >= 4 is 95.0 Å². The maximum Gasteiger partial charge on any atom is 0.254 e. The first kappa shape index (κ1) is 22.9. The molecule has 0 spiro atoms. The number of nitrogens with zero attached hydrogens (tertiary/aromatic N) is 3. The van der Waals surface area contributed by atoms with Gasteiger partial charge in [0.05, 0.1) is 43.6 Å². The second-order valence-electron chi connectivity index (χ2n) is 20.3. The lowest BCUT2D eigenvalue weighted by atomic mass is 9.33. The van der Waals surface area contributed by atoms with E-state index in [4.69, 9.17) is 9.60 Å². The van der Waals surface area contributed by atoms with Crippen LogP contribution in [-0.4, -0.2) is 6.71 Å². The van der Waals surface area contributed by atoms with Crippen molar-refractivity contribution in [2.45, 2.75) is 104 Å². The predicted molar refractivity (Wildman–Crippen MR) is 283 cm³/mol. The molecule has 1 aromatic heterocycles. The summed E-state index contributed by atoms with van der Waals surface area (Å²) in [7, 11) is 0. The van der Waals surface area contributed by atoms with E-state index >= 15 is 0 Å². The van der Waals surface area contributed by atoms with E-state index in [1.807, 2.05) is 27.7 Å². The fourth-order valence-corrected chi connectivity index (χ4v) is 10.4. The monoisotopic (exact) mass is 890 g/mol. The van der Waals surface area contributed by atoms with Gasteiger partial charge in [-0.25, -0.2) is 0 Å². The average Bonchev–Trinajstić information content (AvgIpc) is 1.66. The molecule has 0 bridgehead atoms. The first-order valence-corrected chi connectivity index (χ1v) is 22.5. The van der Waals surface area contributed by atoms with Crippen molar-refractivity contribution in [2.24, 2.45) is 0 Å². The van der Waals surface area contributed by atoms with Gasteiger partial charge in [-0.1, -0.05) is 154 Å². The van der Waals surface area contributed by atoms with E-state index in [0.29, 0.717) is 24.0 Å². The molecule has 324 valence electrons. The van der Waals surface area contributed by atoms with Gasteiger partial charge in [-0.15, -0.1) is 11.3 Å². The molecule has 11 rings (SSSR count). The Morgan fingerprint density at radius 3 is 1.55 bits per heavy atom. The molecule has 0 amide bonds. The van der Waals surface area contributed by atoms with Crippen molar-refractivity contribution in [3.63, 3.8) is 0 Å². The van der Waals surface area contributed by atoms with Crippen LogP contribution < -0.4 is 31.1 Å². The maximum absolute atomic E-state index is 10.9. The van der Waals surface area contributed by atoms with Gasteiger partial charge in [0.2, 0.25) is 0 Å². The molecule has 1 aliphatic carbocycles. The van der Waals surface area contributed by atoms with Gasteiger partial charge in [0.1, 0.15) is 0 Å². The summed E-state index contributed by atoms with van der Waals surface area (Å²) in [5.74, 6) is 0. The zero-order valence-electron chi connectivity index (χ0n) is 61.9. The van der Waals surface area contributed by atoms with Crippen LogP contribution in [0.3, 0.4) is 0 Å². The van der Waals surface area contributed by atoms with E-state index in [1.165, 1.54) is 21.9 Å².